The Labute approximate surface area is 112 Å². The summed E-state index contributed by atoms with van der Waals surface area (Å²) < 4.78 is 21.2. The van der Waals surface area contributed by atoms with Crippen molar-refractivity contribution in [1.29, 1.82) is 0 Å². The van der Waals surface area contributed by atoms with Gasteiger partial charge in [0.25, 0.3) is 0 Å². The van der Waals surface area contributed by atoms with E-state index >= 15 is 0 Å². The summed E-state index contributed by atoms with van der Waals surface area (Å²) in [5.74, 6) is 0.0432. The van der Waals surface area contributed by atoms with Crippen molar-refractivity contribution in [2.45, 2.75) is 24.9 Å². The van der Waals surface area contributed by atoms with E-state index in [2.05, 4.69) is 23.6 Å². The number of hydrogen-bond donors (Lipinski definition) is 0. The molecular formula is C15H19FN2O. The largest absolute Gasteiger partial charge is 0.492 e. The summed E-state index contributed by atoms with van der Waals surface area (Å²) in [6.45, 7) is 0.878. The molecule has 0 spiro atoms. The van der Waals surface area contributed by atoms with Crippen LogP contribution in [0.5, 0.6) is 5.75 Å². The van der Waals surface area contributed by atoms with Crippen LogP contribution in [0.25, 0.3) is 10.9 Å². The number of ether oxygens (including phenoxy) is 1. The van der Waals surface area contributed by atoms with Crippen LogP contribution in [0, 0.1) is 5.82 Å². The van der Waals surface area contributed by atoms with Gasteiger partial charge in [-0.1, -0.05) is 0 Å². The van der Waals surface area contributed by atoms with E-state index < -0.39 is 0 Å². The molecule has 1 saturated carbocycles. The van der Waals surface area contributed by atoms with Crippen LogP contribution in [0.4, 0.5) is 4.39 Å². The molecule has 1 fully saturated rings. The lowest BCUT2D eigenvalue weighted by molar-refractivity contribution is 0.243. The molecule has 3 nitrogen and oxygen atoms in total. The average Bonchev–Trinajstić information content (AvgIpc) is 3.06. The molecule has 1 aromatic carbocycles. The normalized spacial score (nSPS) is 17.1. The highest BCUT2D eigenvalue weighted by molar-refractivity contribution is 5.86. The Bertz CT molecular complexity index is 614. The van der Waals surface area contributed by atoms with Crippen LogP contribution in [0.2, 0.25) is 0 Å². The van der Waals surface area contributed by atoms with Gasteiger partial charge in [0.2, 0.25) is 0 Å². The third-order valence-corrected chi connectivity index (χ3v) is 4.28. The van der Waals surface area contributed by atoms with Crippen molar-refractivity contribution < 1.29 is 9.13 Å². The predicted octanol–water partition coefficient (Wildman–Crippen LogP) is 2.88. The summed E-state index contributed by atoms with van der Waals surface area (Å²) in [4.78, 5) is 2.27. The molecule has 1 aliphatic rings. The van der Waals surface area contributed by atoms with E-state index in [9.17, 15) is 4.39 Å². The van der Waals surface area contributed by atoms with Gasteiger partial charge in [-0.2, -0.15) is 0 Å². The van der Waals surface area contributed by atoms with E-state index in [4.69, 9.17) is 4.74 Å². The highest BCUT2D eigenvalue weighted by Crippen LogP contribution is 2.43. The second kappa shape index (κ2) is 4.23. The van der Waals surface area contributed by atoms with Crippen molar-refractivity contribution in [3.8, 4) is 5.75 Å². The Balaban J connectivity index is 2.07. The molecular weight excluding hydrogens is 243 g/mol. The first-order chi connectivity index (χ1) is 9.07. The number of nitrogens with zero attached hydrogens (tertiary/aromatic N) is 2. The van der Waals surface area contributed by atoms with Gasteiger partial charge in [-0.05, 0) is 45.1 Å². The summed E-state index contributed by atoms with van der Waals surface area (Å²) in [6, 6.07) is 5.28. The van der Waals surface area contributed by atoms with Crippen LogP contribution < -0.4 is 4.74 Å². The third-order valence-electron chi connectivity index (χ3n) is 4.28. The minimum Gasteiger partial charge on any atom is -0.492 e. The van der Waals surface area contributed by atoms with Crippen molar-refractivity contribution in [1.82, 2.24) is 9.47 Å². The van der Waals surface area contributed by atoms with E-state index in [1.165, 1.54) is 26.0 Å². The van der Waals surface area contributed by atoms with Crippen LogP contribution in [0.15, 0.2) is 24.4 Å². The molecule has 19 heavy (non-hydrogen) atoms. The van der Waals surface area contributed by atoms with Crippen molar-refractivity contribution in [2.75, 3.05) is 21.2 Å². The molecule has 1 aliphatic carbocycles. The fourth-order valence-corrected chi connectivity index (χ4v) is 2.77. The smallest absolute Gasteiger partial charge is 0.178 e. The molecule has 0 saturated heterocycles. The van der Waals surface area contributed by atoms with E-state index in [0.29, 0.717) is 5.75 Å². The van der Waals surface area contributed by atoms with Gasteiger partial charge in [-0.15, -0.1) is 0 Å². The number of benzene rings is 1. The first kappa shape index (κ1) is 12.5. The molecule has 1 heterocycles. The molecule has 102 valence electrons. The summed E-state index contributed by atoms with van der Waals surface area (Å²) in [7, 11) is 5.74. The maximum Gasteiger partial charge on any atom is 0.178 e. The quantitative estimate of drug-likeness (QED) is 0.843. The fourth-order valence-electron chi connectivity index (χ4n) is 2.77. The van der Waals surface area contributed by atoms with Gasteiger partial charge in [0.1, 0.15) is 0 Å². The van der Waals surface area contributed by atoms with Gasteiger partial charge in [-0.3, -0.25) is 0 Å². The number of methoxy groups -OCH3 is 1. The van der Waals surface area contributed by atoms with Crippen molar-refractivity contribution >= 4 is 10.9 Å². The predicted molar refractivity (Wildman–Crippen MR) is 74.1 cm³/mol. The van der Waals surface area contributed by atoms with Gasteiger partial charge in [0.05, 0.1) is 12.6 Å². The highest BCUT2D eigenvalue weighted by Gasteiger charge is 2.45. The van der Waals surface area contributed by atoms with Crippen molar-refractivity contribution in [3.05, 3.63) is 30.2 Å². The Morgan fingerprint density at radius 1 is 1.32 bits per heavy atom. The Morgan fingerprint density at radius 2 is 2.05 bits per heavy atom. The molecule has 1 aromatic heterocycles. The van der Waals surface area contributed by atoms with E-state index in [1.54, 1.807) is 6.07 Å². The standard InChI is InChI=1S/C15H19FN2O/c1-17(2)15(7-8-15)10-18-9-6-11-4-5-12(16)14(19-3)13(11)18/h4-6,9H,7-8,10H2,1-3H3. The first-order valence-electron chi connectivity index (χ1n) is 6.56. The number of aromatic nitrogens is 1. The monoisotopic (exact) mass is 262 g/mol. The van der Waals surface area contributed by atoms with Gasteiger partial charge in [-0.25, -0.2) is 4.39 Å². The number of fused-ring (bicyclic) bond motifs is 1. The average molecular weight is 262 g/mol. The zero-order chi connectivity index (χ0) is 13.6. The number of rotatable bonds is 4. The minimum atomic E-state index is -0.301. The Hall–Kier alpha value is -1.55. The fraction of sp³-hybridized carbons (Fsp3) is 0.467. The van der Waals surface area contributed by atoms with Crippen molar-refractivity contribution in [2.24, 2.45) is 0 Å². The van der Waals surface area contributed by atoms with E-state index in [-0.39, 0.29) is 11.4 Å². The van der Waals surface area contributed by atoms with Gasteiger partial charge < -0.3 is 14.2 Å². The highest BCUT2D eigenvalue weighted by atomic mass is 19.1. The Morgan fingerprint density at radius 3 is 2.63 bits per heavy atom. The van der Waals surface area contributed by atoms with Crippen molar-refractivity contribution in [3.63, 3.8) is 0 Å². The number of likely N-dealkylation sites (N-methyl/N-ethyl adjacent to an activating group) is 1. The number of hydrogen-bond acceptors (Lipinski definition) is 2. The number of halogens is 1. The van der Waals surface area contributed by atoms with Crippen LogP contribution in [0.1, 0.15) is 12.8 Å². The van der Waals surface area contributed by atoms with Gasteiger partial charge in [0.15, 0.2) is 11.6 Å². The molecule has 0 N–H and O–H groups in total. The zero-order valence-electron chi connectivity index (χ0n) is 11.6. The van der Waals surface area contributed by atoms with Crippen LogP contribution in [0.3, 0.4) is 0 Å². The second-order valence-corrected chi connectivity index (χ2v) is 5.58. The second-order valence-electron chi connectivity index (χ2n) is 5.58. The summed E-state index contributed by atoms with van der Waals surface area (Å²) in [5, 5.41) is 1.02. The van der Waals surface area contributed by atoms with Gasteiger partial charge >= 0.3 is 0 Å². The van der Waals surface area contributed by atoms with Gasteiger partial charge in [0, 0.05) is 23.7 Å². The molecule has 0 unspecified atom stereocenters. The first-order valence-corrected chi connectivity index (χ1v) is 6.56. The molecule has 0 aliphatic heterocycles. The molecule has 0 radical (unpaired) electrons. The van der Waals surface area contributed by atoms with Crippen LogP contribution in [-0.4, -0.2) is 36.2 Å². The molecule has 0 bridgehead atoms. The van der Waals surface area contributed by atoms with Crippen LogP contribution >= 0.6 is 0 Å². The molecule has 2 aromatic rings. The lowest BCUT2D eigenvalue weighted by atomic mass is 10.2. The van der Waals surface area contributed by atoms with Crippen LogP contribution in [-0.2, 0) is 6.54 Å². The maximum atomic E-state index is 13.8. The van der Waals surface area contributed by atoms with E-state index in [1.807, 2.05) is 12.3 Å². The Kier molecular flexibility index (Phi) is 2.78. The lowest BCUT2D eigenvalue weighted by Crippen LogP contribution is -2.34. The summed E-state index contributed by atoms with van der Waals surface area (Å²) in [5.41, 5.74) is 1.08. The summed E-state index contributed by atoms with van der Waals surface area (Å²) >= 11 is 0. The molecule has 4 heteroatoms. The third kappa shape index (κ3) is 1.91. The lowest BCUT2D eigenvalue weighted by Gasteiger charge is -2.25. The topological polar surface area (TPSA) is 17.4 Å². The van der Waals surface area contributed by atoms with E-state index in [0.717, 1.165) is 17.4 Å². The SMILES string of the molecule is COc1c(F)ccc2ccn(CC3(N(C)C)CC3)c12. The molecule has 0 atom stereocenters. The molecule has 0 amide bonds. The minimum absolute atomic E-state index is 0.225. The zero-order valence-corrected chi connectivity index (χ0v) is 11.6. The maximum absolute atomic E-state index is 13.8. The molecule has 3 rings (SSSR count). The summed E-state index contributed by atoms with van der Waals surface area (Å²) in [6.07, 6.45) is 4.41.